The zero-order chi connectivity index (χ0) is 22.8. The van der Waals surface area contributed by atoms with Gasteiger partial charge in [0.1, 0.15) is 17.6 Å². The van der Waals surface area contributed by atoms with Crippen molar-refractivity contribution in [1.82, 2.24) is 20.2 Å². The number of hydrogen-bond acceptors (Lipinski definition) is 6. The third-order valence-electron chi connectivity index (χ3n) is 5.53. The molecule has 0 radical (unpaired) electrons. The standard InChI is InChI=1S/C24H19N5O3S/c30-29(31)18-7-3-6-17(13-18)20-9-10-21(32-20)23-22(19-8-1-2-12-26-19)27-24(33)28(23)15-16-5-4-11-25-14-16/h1-14,22-23H,15H2,(H,27,33)/t22-,23+/m0/s1. The first-order valence-corrected chi connectivity index (χ1v) is 10.7. The van der Waals surface area contributed by atoms with Crippen molar-refractivity contribution in [3.05, 3.63) is 112 Å². The topological polar surface area (TPSA) is 97.3 Å². The van der Waals surface area contributed by atoms with Gasteiger partial charge in [-0.1, -0.05) is 24.3 Å². The summed E-state index contributed by atoms with van der Waals surface area (Å²) in [6.45, 7) is 0.542. The summed E-state index contributed by atoms with van der Waals surface area (Å²) in [5.74, 6) is 1.23. The fourth-order valence-corrected chi connectivity index (χ4v) is 4.32. The highest BCUT2D eigenvalue weighted by Gasteiger charge is 2.41. The zero-order valence-corrected chi connectivity index (χ0v) is 18.2. The van der Waals surface area contributed by atoms with Crippen LogP contribution < -0.4 is 5.32 Å². The molecule has 0 bridgehead atoms. The number of thiocarbonyl (C=S) groups is 1. The lowest BCUT2D eigenvalue weighted by atomic mass is 10.0. The van der Waals surface area contributed by atoms with Crippen molar-refractivity contribution in [2.75, 3.05) is 0 Å². The van der Waals surface area contributed by atoms with Crippen LogP contribution in [0, 0.1) is 10.1 Å². The van der Waals surface area contributed by atoms with Crippen molar-refractivity contribution in [3.8, 4) is 11.3 Å². The Morgan fingerprint density at radius 3 is 2.76 bits per heavy atom. The molecular weight excluding hydrogens is 438 g/mol. The lowest BCUT2D eigenvalue weighted by molar-refractivity contribution is -0.384. The Balaban J connectivity index is 1.53. The SMILES string of the molecule is O=[N+]([O-])c1cccc(-c2ccc([C@@H]3[C@H](c4ccccn4)NC(=S)N3Cc3cccnc3)o2)c1. The minimum Gasteiger partial charge on any atom is -0.459 e. The smallest absolute Gasteiger partial charge is 0.270 e. The van der Waals surface area contributed by atoms with Gasteiger partial charge < -0.3 is 14.6 Å². The van der Waals surface area contributed by atoms with Crippen molar-refractivity contribution >= 4 is 23.0 Å². The van der Waals surface area contributed by atoms with Gasteiger partial charge in [0.15, 0.2) is 5.11 Å². The molecule has 3 aromatic heterocycles. The number of rotatable bonds is 6. The fraction of sp³-hybridized carbons (Fsp3) is 0.125. The van der Waals surface area contributed by atoms with Crippen LogP contribution in [0.1, 0.15) is 29.1 Å². The van der Waals surface area contributed by atoms with Crippen LogP contribution in [0.15, 0.2) is 89.7 Å². The van der Waals surface area contributed by atoms with E-state index in [0.717, 1.165) is 11.3 Å². The monoisotopic (exact) mass is 457 g/mol. The number of nitro benzene ring substituents is 1. The summed E-state index contributed by atoms with van der Waals surface area (Å²) in [5.41, 5.74) is 2.50. The third-order valence-corrected chi connectivity index (χ3v) is 5.89. The first kappa shape index (κ1) is 20.8. The van der Waals surface area contributed by atoms with E-state index in [1.54, 1.807) is 24.5 Å². The molecule has 1 fully saturated rings. The summed E-state index contributed by atoms with van der Waals surface area (Å²) < 4.78 is 6.25. The van der Waals surface area contributed by atoms with Crippen molar-refractivity contribution in [1.29, 1.82) is 0 Å². The molecule has 0 spiro atoms. The quantitative estimate of drug-likeness (QED) is 0.250. The molecule has 0 unspecified atom stereocenters. The molecule has 0 aliphatic carbocycles. The predicted molar refractivity (Wildman–Crippen MR) is 126 cm³/mol. The minimum absolute atomic E-state index is 0.0127. The summed E-state index contributed by atoms with van der Waals surface area (Å²) in [5, 5.41) is 15.2. The first-order valence-electron chi connectivity index (χ1n) is 10.3. The van der Waals surface area contributed by atoms with E-state index in [9.17, 15) is 10.1 Å². The molecule has 1 aliphatic heterocycles. The molecule has 8 nitrogen and oxygen atoms in total. The molecular formula is C24H19N5O3S. The average molecular weight is 458 g/mol. The van der Waals surface area contributed by atoms with E-state index in [-0.39, 0.29) is 17.8 Å². The van der Waals surface area contributed by atoms with Crippen LogP contribution in [-0.4, -0.2) is 24.9 Å². The van der Waals surface area contributed by atoms with E-state index >= 15 is 0 Å². The number of furan rings is 1. The summed E-state index contributed by atoms with van der Waals surface area (Å²) in [4.78, 5) is 21.6. The predicted octanol–water partition coefficient (Wildman–Crippen LogP) is 4.82. The van der Waals surface area contributed by atoms with Crippen LogP contribution in [0.25, 0.3) is 11.3 Å². The maximum atomic E-state index is 11.2. The van der Waals surface area contributed by atoms with Gasteiger partial charge in [-0.05, 0) is 48.1 Å². The summed E-state index contributed by atoms with van der Waals surface area (Å²) in [7, 11) is 0. The van der Waals surface area contributed by atoms with Gasteiger partial charge >= 0.3 is 0 Å². The molecule has 1 N–H and O–H groups in total. The largest absolute Gasteiger partial charge is 0.459 e. The van der Waals surface area contributed by atoms with Crippen LogP contribution in [0.2, 0.25) is 0 Å². The number of nitrogens with one attached hydrogen (secondary N) is 1. The lowest BCUT2D eigenvalue weighted by Crippen LogP contribution is -2.29. The Kier molecular flexibility index (Phi) is 5.54. The van der Waals surface area contributed by atoms with E-state index in [1.807, 2.05) is 48.7 Å². The molecule has 0 saturated carbocycles. The fourth-order valence-electron chi connectivity index (χ4n) is 4.01. The second-order valence-corrected chi connectivity index (χ2v) is 8.01. The average Bonchev–Trinajstić information content (AvgIpc) is 3.45. The van der Waals surface area contributed by atoms with Crippen molar-refractivity contribution in [3.63, 3.8) is 0 Å². The minimum atomic E-state index is -0.417. The summed E-state index contributed by atoms with van der Waals surface area (Å²) >= 11 is 5.69. The Morgan fingerprint density at radius 1 is 1.09 bits per heavy atom. The zero-order valence-electron chi connectivity index (χ0n) is 17.4. The highest BCUT2D eigenvalue weighted by molar-refractivity contribution is 7.80. The van der Waals surface area contributed by atoms with Gasteiger partial charge in [-0.25, -0.2) is 0 Å². The molecule has 1 aromatic carbocycles. The van der Waals surface area contributed by atoms with Crippen LogP contribution in [0.4, 0.5) is 5.69 Å². The molecule has 5 rings (SSSR count). The van der Waals surface area contributed by atoms with Crippen LogP contribution in [0.5, 0.6) is 0 Å². The molecule has 4 heterocycles. The van der Waals surface area contributed by atoms with Gasteiger partial charge in [0.25, 0.3) is 5.69 Å². The summed E-state index contributed by atoms with van der Waals surface area (Å²) in [6, 6.07) is 19.3. The van der Waals surface area contributed by atoms with E-state index in [4.69, 9.17) is 16.6 Å². The van der Waals surface area contributed by atoms with Crippen LogP contribution >= 0.6 is 12.2 Å². The molecule has 164 valence electrons. The Hall–Kier alpha value is -4.11. The number of pyridine rings is 2. The highest BCUT2D eigenvalue weighted by Crippen LogP contribution is 2.41. The molecule has 0 amide bonds. The van der Waals surface area contributed by atoms with E-state index in [1.165, 1.54) is 12.1 Å². The van der Waals surface area contributed by atoms with Crippen LogP contribution in [0.3, 0.4) is 0 Å². The number of nitrogens with zero attached hydrogens (tertiary/aromatic N) is 4. The van der Waals surface area contributed by atoms with Gasteiger partial charge in [0.05, 0.1) is 16.7 Å². The highest BCUT2D eigenvalue weighted by atomic mass is 32.1. The Morgan fingerprint density at radius 2 is 2.00 bits per heavy atom. The van der Waals surface area contributed by atoms with Crippen molar-refractivity contribution in [2.45, 2.75) is 18.6 Å². The number of benzene rings is 1. The molecule has 2 atom stereocenters. The van der Waals surface area contributed by atoms with Crippen LogP contribution in [-0.2, 0) is 6.54 Å². The summed E-state index contributed by atoms with van der Waals surface area (Å²) in [6.07, 6.45) is 5.29. The lowest BCUT2D eigenvalue weighted by Gasteiger charge is -2.26. The van der Waals surface area contributed by atoms with Crippen molar-refractivity contribution < 1.29 is 9.34 Å². The number of hydrogen-bond donors (Lipinski definition) is 1. The Bertz CT molecular complexity index is 1300. The molecule has 1 saturated heterocycles. The first-order chi connectivity index (χ1) is 16.1. The molecule has 1 aliphatic rings. The maximum absolute atomic E-state index is 11.2. The van der Waals surface area contributed by atoms with Gasteiger partial charge in [-0.15, -0.1) is 0 Å². The second-order valence-electron chi connectivity index (χ2n) is 7.63. The molecule has 33 heavy (non-hydrogen) atoms. The number of non-ortho nitro benzene ring substituents is 1. The third kappa shape index (κ3) is 4.18. The molecule has 9 heteroatoms. The van der Waals surface area contributed by atoms with Gasteiger partial charge in [-0.3, -0.25) is 20.1 Å². The number of aromatic nitrogens is 2. The van der Waals surface area contributed by atoms with Crippen molar-refractivity contribution in [2.24, 2.45) is 0 Å². The second kappa shape index (κ2) is 8.79. The van der Waals surface area contributed by atoms with E-state index in [0.29, 0.717) is 28.7 Å². The van der Waals surface area contributed by atoms with E-state index in [2.05, 4.69) is 20.2 Å². The Labute approximate surface area is 195 Å². The van der Waals surface area contributed by atoms with Gasteiger partial charge in [0, 0.05) is 42.8 Å². The normalized spacial score (nSPS) is 17.7. The van der Waals surface area contributed by atoms with Gasteiger partial charge in [-0.2, -0.15) is 0 Å². The molecule has 4 aromatic rings. The van der Waals surface area contributed by atoms with Gasteiger partial charge in [0.2, 0.25) is 0 Å². The van der Waals surface area contributed by atoms with E-state index < -0.39 is 4.92 Å². The maximum Gasteiger partial charge on any atom is 0.270 e. The number of nitro groups is 1.